The quantitative estimate of drug-likeness (QED) is 0.617. The molecule has 2 aromatic heterocycles. The summed E-state index contributed by atoms with van der Waals surface area (Å²) in [5.74, 6) is 0. The average Bonchev–Trinajstić information content (AvgIpc) is 2.55. The van der Waals surface area contributed by atoms with Gasteiger partial charge in [0.1, 0.15) is 6.26 Å². The summed E-state index contributed by atoms with van der Waals surface area (Å²) < 4.78 is 6.85. The zero-order valence-electron chi connectivity index (χ0n) is 6.19. The molecule has 3 nitrogen and oxygen atoms in total. The number of furan rings is 1. The van der Waals surface area contributed by atoms with Crippen LogP contribution in [0.15, 0.2) is 35.5 Å². The third kappa shape index (κ3) is 1.05. The number of aryl methyl sites for hydroxylation is 1. The fourth-order valence-electron chi connectivity index (χ4n) is 0.967. The van der Waals surface area contributed by atoms with Gasteiger partial charge in [-0.25, -0.2) is 4.98 Å². The molecule has 0 amide bonds. The molecule has 0 radical (unpaired) electrons. The first-order valence-corrected chi connectivity index (χ1v) is 3.39. The second kappa shape index (κ2) is 2.27. The molecule has 56 valence electrons. The zero-order valence-corrected chi connectivity index (χ0v) is 6.19. The molecule has 11 heavy (non-hydrogen) atoms. The van der Waals surface area contributed by atoms with Gasteiger partial charge in [0, 0.05) is 12.3 Å². The first-order valence-electron chi connectivity index (χ1n) is 3.39. The maximum absolute atomic E-state index is 4.93. The van der Waals surface area contributed by atoms with Crippen molar-refractivity contribution in [1.29, 1.82) is 0 Å². The van der Waals surface area contributed by atoms with Gasteiger partial charge in [0.25, 0.3) is 0 Å². The van der Waals surface area contributed by atoms with Crippen LogP contribution in [0.5, 0.6) is 0 Å². The summed E-state index contributed by atoms with van der Waals surface area (Å²) in [7, 11) is 0. The molecule has 0 N–H and O–H groups in total. The molecule has 0 aliphatic rings. The van der Waals surface area contributed by atoms with E-state index >= 15 is 0 Å². The summed E-state index contributed by atoms with van der Waals surface area (Å²) in [5, 5.41) is 0. The smallest absolute Gasteiger partial charge is 0.114 e. The van der Waals surface area contributed by atoms with E-state index in [1.165, 1.54) is 0 Å². The minimum atomic E-state index is 1.01. The SMILES string of the molecule is Cc1cn(-c2ccoc2)cn1. The fraction of sp³-hybridized carbons (Fsp3) is 0.125. The standard InChI is InChI=1S/C8H8N2O/c1-7-4-10(6-9-7)8-2-3-11-5-8/h2-6H,1H3. The molecule has 0 unspecified atom stereocenters. The largest absolute Gasteiger partial charge is 0.470 e. The normalized spacial score (nSPS) is 10.3. The van der Waals surface area contributed by atoms with E-state index in [1.807, 2.05) is 23.8 Å². The Kier molecular flexibility index (Phi) is 1.28. The van der Waals surface area contributed by atoms with Crippen molar-refractivity contribution in [2.24, 2.45) is 0 Å². The van der Waals surface area contributed by atoms with E-state index in [0.29, 0.717) is 0 Å². The van der Waals surface area contributed by atoms with Crippen molar-refractivity contribution in [1.82, 2.24) is 9.55 Å². The van der Waals surface area contributed by atoms with Crippen LogP contribution in [0, 0.1) is 6.92 Å². The first kappa shape index (κ1) is 6.22. The second-order valence-corrected chi connectivity index (χ2v) is 2.40. The lowest BCUT2D eigenvalue weighted by Crippen LogP contribution is -1.84. The van der Waals surface area contributed by atoms with Crippen LogP contribution < -0.4 is 0 Å². The maximum atomic E-state index is 4.93. The van der Waals surface area contributed by atoms with Crippen LogP contribution in [0.3, 0.4) is 0 Å². The van der Waals surface area contributed by atoms with Crippen molar-refractivity contribution in [2.75, 3.05) is 0 Å². The minimum Gasteiger partial charge on any atom is -0.470 e. The highest BCUT2D eigenvalue weighted by molar-refractivity contribution is 5.26. The summed E-state index contributed by atoms with van der Waals surface area (Å²) in [6, 6.07) is 1.89. The van der Waals surface area contributed by atoms with Gasteiger partial charge in [-0.05, 0) is 6.92 Å². The molecule has 2 heterocycles. The van der Waals surface area contributed by atoms with E-state index in [4.69, 9.17) is 4.42 Å². The second-order valence-electron chi connectivity index (χ2n) is 2.40. The number of hydrogen-bond acceptors (Lipinski definition) is 2. The van der Waals surface area contributed by atoms with E-state index in [1.54, 1.807) is 18.9 Å². The summed E-state index contributed by atoms with van der Waals surface area (Å²) >= 11 is 0. The Balaban J connectivity index is 2.45. The number of rotatable bonds is 1. The van der Waals surface area contributed by atoms with Gasteiger partial charge >= 0.3 is 0 Å². The Morgan fingerprint density at radius 3 is 3.00 bits per heavy atom. The molecule has 0 bridgehead atoms. The van der Waals surface area contributed by atoms with E-state index in [-0.39, 0.29) is 0 Å². The molecular formula is C8H8N2O. The lowest BCUT2D eigenvalue weighted by molar-refractivity contribution is 0.565. The Hall–Kier alpha value is -1.51. The maximum Gasteiger partial charge on any atom is 0.114 e. The fourth-order valence-corrected chi connectivity index (χ4v) is 0.967. The van der Waals surface area contributed by atoms with Crippen LogP contribution in [0.25, 0.3) is 5.69 Å². The molecule has 0 aliphatic carbocycles. The minimum absolute atomic E-state index is 1.01. The van der Waals surface area contributed by atoms with Crippen LogP contribution >= 0.6 is 0 Å². The Morgan fingerprint density at radius 2 is 2.45 bits per heavy atom. The van der Waals surface area contributed by atoms with Crippen molar-refractivity contribution in [3.05, 3.63) is 36.8 Å². The van der Waals surface area contributed by atoms with Crippen LogP contribution in [-0.2, 0) is 0 Å². The highest BCUT2D eigenvalue weighted by Crippen LogP contribution is 2.07. The molecular weight excluding hydrogens is 140 g/mol. The molecule has 3 heteroatoms. The van der Waals surface area contributed by atoms with Gasteiger partial charge in [0.15, 0.2) is 0 Å². The van der Waals surface area contributed by atoms with E-state index in [2.05, 4.69) is 4.98 Å². The van der Waals surface area contributed by atoms with E-state index < -0.39 is 0 Å². The van der Waals surface area contributed by atoms with Gasteiger partial charge in [-0.1, -0.05) is 0 Å². The average molecular weight is 148 g/mol. The van der Waals surface area contributed by atoms with Crippen LogP contribution in [0.1, 0.15) is 5.69 Å². The monoisotopic (exact) mass is 148 g/mol. The number of aromatic nitrogens is 2. The number of nitrogens with zero attached hydrogens (tertiary/aromatic N) is 2. The third-order valence-corrected chi connectivity index (χ3v) is 1.52. The Labute approximate surface area is 64.3 Å². The summed E-state index contributed by atoms with van der Waals surface area (Å²) in [4.78, 5) is 4.09. The predicted octanol–water partition coefficient (Wildman–Crippen LogP) is 1.77. The van der Waals surface area contributed by atoms with E-state index in [9.17, 15) is 0 Å². The molecule has 0 aliphatic heterocycles. The molecule has 0 fully saturated rings. The van der Waals surface area contributed by atoms with Crippen LogP contribution in [0.2, 0.25) is 0 Å². The van der Waals surface area contributed by atoms with E-state index in [0.717, 1.165) is 11.4 Å². The molecule has 0 aromatic carbocycles. The van der Waals surface area contributed by atoms with Crippen LogP contribution in [-0.4, -0.2) is 9.55 Å². The zero-order chi connectivity index (χ0) is 7.68. The highest BCUT2D eigenvalue weighted by Gasteiger charge is 1.96. The molecule has 0 saturated heterocycles. The van der Waals surface area contributed by atoms with Gasteiger partial charge in [0.05, 0.1) is 24.0 Å². The molecule has 2 rings (SSSR count). The van der Waals surface area contributed by atoms with Crippen molar-refractivity contribution < 1.29 is 4.42 Å². The molecule has 0 atom stereocenters. The third-order valence-electron chi connectivity index (χ3n) is 1.52. The summed E-state index contributed by atoms with van der Waals surface area (Å²) in [6.45, 7) is 1.95. The first-order chi connectivity index (χ1) is 5.36. The van der Waals surface area contributed by atoms with Crippen molar-refractivity contribution >= 4 is 0 Å². The lowest BCUT2D eigenvalue weighted by Gasteiger charge is -1.91. The Bertz CT molecular complexity index is 335. The van der Waals surface area contributed by atoms with Gasteiger partial charge < -0.3 is 8.98 Å². The van der Waals surface area contributed by atoms with Gasteiger partial charge in [-0.3, -0.25) is 0 Å². The number of imidazole rings is 1. The van der Waals surface area contributed by atoms with Crippen molar-refractivity contribution in [3.63, 3.8) is 0 Å². The van der Waals surface area contributed by atoms with Gasteiger partial charge in [0.2, 0.25) is 0 Å². The van der Waals surface area contributed by atoms with Crippen LogP contribution in [0.4, 0.5) is 0 Å². The highest BCUT2D eigenvalue weighted by atomic mass is 16.3. The summed E-state index contributed by atoms with van der Waals surface area (Å²) in [6.07, 6.45) is 7.04. The Morgan fingerprint density at radius 1 is 1.55 bits per heavy atom. The predicted molar refractivity (Wildman–Crippen MR) is 40.6 cm³/mol. The van der Waals surface area contributed by atoms with Gasteiger partial charge in [-0.15, -0.1) is 0 Å². The topological polar surface area (TPSA) is 31.0 Å². The lowest BCUT2D eigenvalue weighted by atomic mass is 10.5. The summed E-state index contributed by atoms with van der Waals surface area (Å²) in [5.41, 5.74) is 2.01. The molecule has 2 aromatic rings. The van der Waals surface area contributed by atoms with Crippen molar-refractivity contribution in [2.45, 2.75) is 6.92 Å². The molecule has 0 saturated carbocycles. The van der Waals surface area contributed by atoms with Gasteiger partial charge in [-0.2, -0.15) is 0 Å². The molecule has 0 spiro atoms. The number of hydrogen-bond donors (Lipinski definition) is 0. The van der Waals surface area contributed by atoms with Crippen molar-refractivity contribution in [3.8, 4) is 5.69 Å².